The average Bonchev–Trinajstić information content (AvgIpc) is 2.92. The molecule has 3 N–H and O–H groups in total. The topological polar surface area (TPSA) is 85.2 Å². The molecule has 2 aliphatic rings. The van der Waals surface area contributed by atoms with Crippen LogP contribution in [0.15, 0.2) is 35.4 Å². The molecule has 2 heterocycles. The zero-order chi connectivity index (χ0) is 12.7. The highest BCUT2D eigenvalue weighted by atomic mass is 16.4. The molecule has 0 aliphatic carbocycles. The Bertz CT molecular complexity index is 503. The van der Waals surface area contributed by atoms with Crippen LogP contribution >= 0.6 is 0 Å². The van der Waals surface area contributed by atoms with Crippen LogP contribution in [0.5, 0.6) is 0 Å². The van der Waals surface area contributed by atoms with Crippen LogP contribution in [0.4, 0.5) is 0 Å². The van der Waals surface area contributed by atoms with E-state index in [1.54, 1.807) is 5.01 Å². The van der Waals surface area contributed by atoms with Crippen LogP contribution in [0.25, 0.3) is 0 Å². The van der Waals surface area contributed by atoms with Gasteiger partial charge in [-0.3, -0.25) is 5.01 Å². The minimum atomic E-state index is -1.11. The average molecular weight is 247 g/mol. The number of carboxylic acid groups (broad SMARTS) is 1. The fraction of sp³-hybridized carbons (Fsp3) is 0.333. The lowest BCUT2D eigenvalue weighted by Crippen LogP contribution is -2.42. The molecular formula is C12H13N3O3. The zero-order valence-corrected chi connectivity index (χ0v) is 9.52. The molecule has 3 atom stereocenters. The number of nitrogens with zero attached hydrogens (tertiary/aromatic N) is 2. The highest BCUT2D eigenvalue weighted by Gasteiger charge is 2.45. The second kappa shape index (κ2) is 3.99. The number of benzene rings is 1. The van der Waals surface area contributed by atoms with Crippen molar-refractivity contribution in [3.8, 4) is 0 Å². The summed E-state index contributed by atoms with van der Waals surface area (Å²) >= 11 is 0. The van der Waals surface area contributed by atoms with Gasteiger partial charge in [-0.2, -0.15) is 0 Å². The van der Waals surface area contributed by atoms with Gasteiger partial charge in [-0.15, -0.1) is 5.10 Å². The summed E-state index contributed by atoms with van der Waals surface area (Å²) in [5, 5.41) is 27.3. The van der Waals surface area contributed by atoms with E-state index in [1.165, 1.54) is 0 Å². The summed E-state index contributed by atoms with van der Waals surface area (Å²) < 4.78 is 0. The summed E-state index contributed by atoms with van der Waals surface area (Å²) in [5.74, 6) is -1.22. The molecule has 3 rings (SSSR count). The van der Waals surface area contributed by atoms with E-state index in [0.29, 0.717) is 6.42 Å². The fourth-order valence-corrected chi connectivity index (χ4v) is 2.48. The largest absolute Gasteiger partial charge is 0.475 e. The van der Waals surface area contributed by atoms with E-state index in [0.717, 1.165) is 5.56 Å². The molecular weight excluding hydrogens is 234 g/mol. The Morgan fingerprint density at radius 1 is 1.39 bits per heavy atom. The lowest BCUT2D eigenvalue weighted by molar-refractivity contribution is -0.129. The van der Waals surface area contributed by atoms with Crippen molar-refractivity contribution < 1.29 is 15.0 Å². The Morgan fingerprint density at radius 3 is 2.78 bits per heavy atom. The number of carbonyl (C=O) groups is 1. The molecule has 18 heavy (non-hydrogen) atoms. The van der Waals surface area contributed by atoms with Crippen molar-refractivity contribution in [1.29, 1.82) is 0 Å². The highest BCUT2D eigenvalue weighted by molar-refractivity contribution is 6.34. The summed E-state index contributed by atoms with van der Waals surface area (Å²) in [5.41, 5.74) is 1.02. The predicted molar refractivity (Wildman–Crippen MR) is 63.6 cm³/mol. The van der Waals surface area contributed by atoms with E-state index in [1.807, 2.05) is 30.3 Å². The second-order valence-corrected chi connectivity index (χ2v) is 4.45. The minimum Gasteiger partial charge on any atom is -0.475 e. The van der Waals surface area contributed by atoms with Gasteiger partial charge in [-0.1, -0.05) is 30.3 Å². The Balaban J connectivity index is 1.92. The van der Waals surface area contributed by atoms with Gasteiger partial charge in [0.05, 0.1) is 12.1 Å². The van der Waals surface area contributed by atoms with Gasteiger partial charge in [0, 0.05) is 6.42 Å². The maximum Gasteiger partial charge on any atom is 0.373 e. The highest BCUT2D eigenvalue weighted by Crippen LogP contribution is 2.37. The lowest BCUT2D eigenvalue weighted by atomic mass is 10.0. The first-order chi connectivity index (χ1) is 8.66. The molecule has 1 saturated heterocycles. The molecule has 1 fully saturated rings. The summed E-state index contributed by atoms with van der Waals surface area (Å²) in [6.07, 6.45) is -0.532. The van der Waals surface area contributed by atoms with Crippen molar-refractivity contribution in [2.24, 2.45) is 5.10 Å². The van der Waals surface area contributed by atoms with Gasteiger partial charge in [0.25, 0.3) is 0 Å². The molecule has 0 radical (unpaired) electrons. The third kappa shape index (κ3) is 1.62. The van der Waals surface area contributed by atoms with Gasteiger partial charge >= 0.3 is 5.97 Å². The van der Waals surface area contributed by atoms with Crippen LogP contribution in [0.3, 0.4) is 0 Å². The molecule has 0 amide bonds. The molecule has 1 aromatic carbocycles. The van der Waals surface area contributed by atoms with Gasteiger partial charge in [-0.25, -0.2) is 4.79 Å². The fourth-order valence-electron chi connectivity index (χ4n) is 2.48. The number of hydrogen-bond acceptors (Lipinski definition) is 5. The Morgan fingerprint density at radius 2 is 2.11 bits per heavy atom. The number of carboxylic acids is 1. The molecule has 0 saturated carbocycles. The second-order valence-electron chi connectivity index (χ2n) is 4.45. The van der Waals surface area contributed by atoms with Crippen molar-refractivity contribution in [2.75, 3.05) is 0 Å². The maximum absolute atomic E-state index is 10.9. The van der Waals surface area contributed by atoms with Crippen LogP contribution in [-0.4, -0.2) is 39.3 Å². The number of rotatable bonds is 2. The summed E-state index contributed by atoms with van der Waals surface area (Å²) in [6, 6.07) is 9.57. The smallest absolute Gasteiger partial charge is 0.373 e. The summed E-state index contributed by atoms with van der Waals surface area (Å²) in [4.78, 5) is 10.9. The molecule has 2 aliphatic heterocycles. The van der Waals surface area contributed by atoms with Crippen molar-refractivity contribution >= 4 is 11.8 Å². The number of amidine groups is 1. The molecule has 6 nitrogen and oxygen atoms in total. The molecule has 0 aromatic heterocycles. The number of aliphatic carboxylic acids is 1. The van der Waals surface area contributed by atoms with Crippen molar-refractivity contribution in [1.82, 2.24) is 10.3 Å². The molecule has 1 aromatic rings. The predicted octanol–water partition coefficient (Wildman–Crippen LogP) is 0.122. The first kappa shape index (κ1) is 11.0. The summed E-state index contributed by atoms with van der Waals surface area (Å²) in [7, 11) is 0. The number of aliphatic hydroxyl groups excluding tert-OH is 1. The van der Waals surface area contributed by atoms with Crippen LogP contribution in [0, 0.1) is 0 Å². The SMILES string of the molecule is O=C(O)C1=NN2C(c3ccccc3)CC(O)C2N1. The molecule has 0 spiro atoms. The van der Waals surface area contributed by atoms with Gasteiger partial charge in [0.1, 0.15) is 6.17 Å². The monoisotopic (exact) mass is 247 g/mol. The number of nitrogens with one attached hydrogen (secondary N) is 1. The van der Waals surface area contributed by atoms with E-state index in [4.69, 9.17) is 5.11 Å². The van der Waals surface area contributed by atoms with Crippen LogP contribution in [0.2, 0.25) is 0 Å². The van der Waals surface area contributed by atoms with Gasteiger partial charge < -0.3 is 15.5 Å². The van der Waals surface area contributed by atoms with Crippen LogP contribution < -0.4 is 5.32 Å². The van der Waals surface area contributed by atoms with Crippen LogP contribution in [0.1, 0.15) is 18.0 Å². The summed E-state index contributed by atoms with van der Waals surface area (Å²) in [6.45, 7) is 0. The van der Waals surface area contributed by atoms with Gasteiger partial charge in [0.15, 0.2) is 0 Å². The van der Waals surface area contributed by atoms with Crippen molar-refractivity contribution in [3.05, 3.63) is 35.9 Å². The third-order valence-electron chi connectivity index (χ3n) is 3.32. The van der Waals surface area contributed by atoms with E-state index in [9.17, 15) is 9.90 Å². The Kier molecular flexibility index (Phi) is 2.45. The third-order valence-corrected chi connectivity index (χ3v) is 3.32. The van der Waals surface area contributed by atoms with Crippen LogP contribution in [-0.2, 0) is 4.79 Å². The number of hydrazone groups is 1. The van der Waals surface area contributed by atoms with Gasteiger partial charge in [0.2, 0.25) is 5.84 Å². The molecule has 6 heteroatoms. The number of aliphatic hydroxyl groups is 1. The van der Waals surface area contributed by atoms with E-state index >= 15 is 0 Å². The quantitative estimate of drug-likeness (QED) is 0.691. The van der Waals surface area contributed by atoms with E-state index in [-0.39, 0.29) is 11.9 Å². The molecule has 3 unspecified atom stereocenters. The maximum atomic E-state index is 10.9. The zero-order valence-electron chi connectivity index (χ0n) is 9.52. The normalized spacial score (nSPS) is 29.7. The Labute approximate surface area is 104 Å². The standard InChI is InChI=1S/C12H13N3O3/c16-9-6-8(7-4-2-1-3-5-7)15-11(9)13-10(14-15)12(17)18/h1-5,8-9,11,16H,6H2,(H,13,14)(H,17,18). The van der Waals surface area contributed by atoms with E-state index in [2.05, 4.69) is 10.4 Å². The first-order valence-electron chi connectivity index (χ1n) is 5.76. The number of hydrogen-bond donors (Lipinski definition) is 3. The van der Waals surface area contributed by atoms with Crippen molar-refractivity contribution in [3.63, 3.8) is 0 Å². The van der Waals surface area contributed by atoms with E-state index < -0.39 is 18.2 Å². The molecule has 0 bridgehead atoms. The van der Waals surface area contributed by atoms with Crippen molar-refractivity contribution in [2.45, 2.75) is 24.7 Å². The van der Waals surface area contributed by atoms with Gasteiger partial charge in [-0.05, 0) is 5.56 Å². The Hall–Kier alpha value is -2.08. The number of fused-ring (bicyclic) bond motifs is 1. The minimum absolute atomic E-state index is 0.0875. The lowest BCUT2D eigenvalue weighted by Gasteiger charge is -2.21. The molecule has 94 valence electrons. The first-order valence-corrected chi connectivity index (χ1v) is 5.76.